The van der Waals surface area contributed by atoms with Crippen LogP contribution >= 0.6 is 11.3 Å². The van der Waals surface area contributed by atoms with Crippen molar-refractivity contribution in [3.05, 3.63) is 22.4 Å². The van der Waals surface area contributed by atoms with Gasteiger partial charge in [0.25, 0.3) is 0 Å². The summed E-state index contributed by atoms with van der Waals surface area (Å²) in [5.41, 5.74) is 0. The van der Waals surface area contributed by atoms with Crippen LogP contribution in [0, 0.1) is 0 Å². The molecule has 0 aliphatic carbocycles. The molecule has 0 unspecified atom stereocenters. The predicted octanol–water partition coefficient (Wildman–Crippen LogP) is 2.98. The number of thiophene rings is 1. The van der Waals surface area contributed by atoms with Gasteiger partial charge in [-0.3, -0.25) is 0 Å². The molecule has 1 atom stereocenters. The van der Waals surface area contributed by atoms with Gasteiger partial charge in [0.15, 0.2) is 6.10 Å². The summed E-state index contributed by atoms with van der Waals surface area (Å²) in [7, 11) is 0. The van der Waals surface area contributed by atoms with Crippen molar-refractivity contribution in [1.82, 2.24) is 0 Å². The zero-order chi connectivity index (χ0) is 11.0. The summed E-state index contributed by atoms with van der Waals surface area (Å²) in [6.07, 6.45) is -8.57. The Morgan fingerprint density at radius 2 is 1.79 bits per heavy atom. The fourth-order valence-electron chi connectivity index (χ4n) is 0.781. The maximum Gasteiger partial charge on any atom is 0.456 e. The first-order chi connectivity index (χ1) is 6.27. The smallest absolute Gasteiger partial charge is 0.381 e. The molecule has 0 fully saturated rings. The van der Waals surface area contributed by atoms with Gasteiger partial charge in [0.2, 0.25) is 0 Å². The van der Waals surface area contributed by atoms with Crippen molar-refractivity contribution in [1.29, 1.82) is 0 Å². The summed E-state index contributed by atoms with van der Waals surface area (Å²) in [4.78, 5) is -0.410. The SMILES string of the molecule is O[C@@H](c1cccs1)C(F)(F)C(F)(F)F. The fraction of sp³-hybridized carbons (Fsp3) is 0.429. The zero-order valence-corrected chi connectivity index (χ0v) is 7.37. The van der Waals surface area contributed by atoms with E-state index >= 15 is 0 Å². The molecule has 0 amide bonds. The molecule has 0 aliphatic heterocycles. The van der Waals surface area contributed by atoms with E-state index in [1.165, 1.54) is 11.4 Å². The highest BCUT2D eigenvalue weighted by molar-refractivity contribution is 7.10. The number of hydrogen-bond acceptors (Lipinski definition) is 2. The van der Waals surface area contributed by atoms with Crippen LogP contribution in [0.1, 0.15) is 11.0 Å². The van der Waals surface area contributed by atoms with Crippen LogP contribution < -0.4 is 0 Å². The number of hydrogen-bond donors (Lipinski definition) is 1. The summed E-state index contributed by atoms with van der Waals surface area (Å²) in [6, 6.07) is 2.31. The minimum absolute atomic E-state index is 0.410. The van der Waals surface area contributed by atoms with Crippen molar-refractivity contribution in [2.45, 2.75) is 18.2 Å². The van der Waals surface area contributed by atoms with Gasteiger partial charge in [0.1, 0.15) is 0 Å². The van der Waals surface area contributed by atoms with Crippen LogP contribution in [0.3, 0.4) is 0 Å². The van der Waals surface area contributed by atoms with Gasteiger partial charge < -0.3 is 5.11 Å². The van der Waals surface area contributed by atoms with Gasteiger partial charge in [-0.2, -0.15) is 22.0 Å². The van der Waals surface area contributed by atoms with Gasteiger partial charge in [0, 0.05) is 4.88 Å². The summed E-state index contributed by atoms with van der Waals surface area (Å²) < 4.78 is 60.3. The largest absolute Gasteiger partial charge is 0.456 e. The first kappa shape index (κ1) is 11.4. The highest BCUT2D eigenvalue weighted by Crippen LogP contribution is 2.45. The molecule has 0 aromatic carbocycles. The third-order valence-corrected chi connectivity index (χ3v) is 2.46. The molecule has 1 aromatic rings. The quantitative estimate of drug-likeness (QED) is 0.777. The normalized spacial score (nSPS) is 15.6. The Morgan fingerprint density at radius 1 is 1.21 bits per heavy atom. The average Bonchev–Trinajstić information content (AvgIpc) is 2.52. The molecular weight excluding hydrogens is 227 g/mol. The first-order valence-electron chi connectivity index (χ1n) is 3.43. The van der Waals surface area contributed by atoms with Crippen molar-refractivity contribution in [3.8, 4) is 0 Å². The number of aliphatic hydroxyl groups is 1. The van der Waals surface area contributed by atoms with E-state index in [1.54, 1.807) is 0 Å². The molecule has 0 spiro atoms. The molecule has 1 rings (SSSR count). The van der Waals surface area contributed by atoms with E-state index in [0.717, 1.165) is 6.07 Å². The van der Waals surface area contributed by atoms with Gasteiger partial charge in [0.05, 0.1) is 0 Å². The molecule has 14 heavy (non-hydrogen) atoms. The standard InChI is InChI=1S/C7H5F5OS/c8-6(9,7(10,11)12)5(13)4-2-1-3-14-4/h1-3,5,13H/t5-/m0/s1. The van der Waals surface area contributed by atoms with E-state index in [9.17, 15) is 22.0 Å². The van der Waals surface area contributed by atoms with Crippen molar-refractivity contribution in [3.63, 3.8) is 0 Å². The minimum Gasteiger partial charge on any atom is -0.381 e. The van der Waals surface area contributed by atoms with E-state index in [4.69, 9.17) is 5.11 Å². The third-order valence-electron chi connectivity index (χ3n) is 1.53. The van der Waals surface area contributed by atoms with E-state index in [1.807, 2.05) is 0 Å². The molecule has 0 saturated carbocycles. The first-order valence-corrected chi connectivity index (χ1v) is 4.31. The Kier molecular flexibility index (Phi) is 2.82. The van der Waals surface area contributed by atoms with Crippen molar-refractivity contribution < 1.29 is 27.1 Å². The summed E-state index contributed by atoms with van der Waals surface area (Å²) in [6.45, 7) is 0. The number of alkyl halides is 5. The third kappa shape index (κ3) is 1.88. The summed E-state index contributed by atoms with van der Waals surface area (Å²) in [5.74, 6) is -5.11. The minimum atomic E-state index is -5.74. The van der Waals surface area contributed by atoms with Gasteiger partial charge in [-0.25, -0.2) is 0 Å². The maximum absolute atomic E-state index is 12.5. The lowest BCUT2D eigenvalue weighted by Crippen LogP contribution is -2.41. The molecule has 1 N–H and O–H groups in total. The van der Waals surface area contributed by atoms with Crippen LogP contribution in [0.25, 0.3) is 0 Å². The average molecular weight is 232 g/mol. The Morgan fingerprint density at radius 3 is 2.14 bits per heavy atom. The van der Waals surface area contributed by atoms with Gasteiger partial charge >= 0.3 is 12.1 Å². The second-order valence-corrected chi connectivity index (χ2v) is 3.52. The lowest BCUT2D eigenvalue weighted by Gasteiger charge is -2.23. The zero-order valence-electron chi connectivity index (χ0n) is 6.55. The Hall–Kier alpha value is -0.690. The second-order valence-electron chi connectivity index (χ2n) is 2.54. The van der Waals surface area contributed by atoms with Gasteiger partial charge in [-0.05, 0) is 11.4 Å². The van der Waals surface area contributed by atoms with E-state index in [0.29, 0.717) is 11.3 Å². The number of rotatable bonds is 2. The lowest BCUT2D eigenvalue weighted by molar-refractivity contribution is -0.314. The maximum atomic E-state index is 12.5. The van der Waals surface area contributed by atoms with E-state index in [2.05, 4.69) is 0 Å². The van der Waals surface area contributed by atoms with Crippen molar-refractivity contribution >= 4 is 11.3 Å². The van der Waals surface area contributed by atoms with Crippen LogP contribution in [-0.4, -0.2) is 17.2 Å². The molecule has 1 heterocycles. The summed E-state index contributed by atoms with van der Waals surface area (Å²) >= 11 is 0.644. The highest BCUT2D eigenvalue weighted by Gasteiger charge is 2.62. The second kappa shape index (κ2) is 3.47. The fourth-order valence-corrected chi connectivity index (χ4v) is 1.53. The molecular formula is C7H5F5OS. The Balaban J connectivity index is 2.94. The topological polar surface area (TPSA) is 20.2 Å². The van der Waals surface area contributed by atoms with Crippen LogP contribution in [0.2, 0.25) is 0 Å². The van der Waals surface area contributed by atoms with Crippen LogP contribution in [0.4, 0.5) is 22.0 Å². The van der Waals surface area contributed by atoms with Crippen LogP contribution in [0.5, 0.6) is 0 Å². The van der Waals surface area contributed by atoms with Crippen molar-refractivity contribution in [2.24, 2.45) is 0 Å². The molecule has 0 radical (unpaired) electrons. The predicted molar refractivity (Wildman–Crippen MR) is 40.3 cm³/mol. The lowest BCUT2D eigenvalue weighted by atomic mass is 10.1. The monoisotopic (exact) mass is 232 g/mol. The van der Waals surface area contributed by atoms with Crippen molar-refractivity contribution in [2.75, 3.05) is 0 Å². The molecule has 0 aliphatic rings. The molecule has 0 bridgehead atoms. The highest BCUT2D eigenvalue weighted by atomic mass is 32.1. The van der Waals surface area contributed by atoms with E-state index in [-0.39, 0.29) is 0 Å². The number of aliphatic hydroxyl groups excluding tert-OH is 1. The molecule has 7 heteroatoms. The molecule has 1 nitrogen and oxygen atoms in total. The Bertz CT molecular complexity index is 292. The van der Waals surface area contributed by atoms with Gasteiger partial charge in [-0.15, -0.1) is 11.3 Å². The molecule has 80 valence electrons. The van der Waals surface area contributed by atoms with Crippen LogP contribution in [0.15, 0.2) is 17.5 Å². The Labute approximate surface area is 79.8 Å². The van der Waals surface area contributed by atoms with E-state index < -0.39 is 23.1 Å². The van der Waals surface area contributed by atoms with Crippen LogP contribution in [-0.2, 0) is 0 Å². The molecule has 1 aromatic heterocycles. The number of halogens is 5. The van der Waals surface area contributed by atoms with Gasteiger partial charge in [-0.1, -0.05) is 6.07 Å². The summed E-state index contributed by atoms with van der Waals surface area (Å²) in [5, 5.41) is 10.1. The molecule has 0 saturated heterocycles.